The molecule has 2 rings (SSSR count). The molecule has 0 bridgehead atoms. The number of carbonyl (C=O) groups is 1. The number of anilines is 1. The zero-order valence-electron chi connectivity index (χ0n) is 9.92. The van der Waals surface area contributed by atoms with Gasteiger partial charge in [-0.15, -0.1) is 0 Å². The van der Waals surface area contributed by atoms with Gasteiger partial charge in [0.2, 0.25) is 5.91 Å². The monoisotopic (exact) mass is 252 g/mol. The van der Waals surface area contributed by atoms with E-state index in [-0.39, 0.29) is 5.91 Å². The Labute approximate surface area is 106 Å². The topological polar surface area (TPSA) is 55.1 Å². The molecular weight excluding hydrogens is 236 g/mol. The molecule has 0 unspecified atom stereocenters. The van der Waals surface area contributed by atoms with Crippen molar-refractivity contribution in [2.45, 2.75) is 38.1 Å². The molecule has 0 saturated heterocycles. The Hall–Kier alpha value is -1.06. The normalized spacial score (nSPS) is 18.1. The summed E-state index contributed by atoms with van der Waals surface area (Å²) < 4.78 is 0. The van der Waals surface area contributed by atoms with E-state index in [4.69, 9.17) is 17.3 Å². The SMILES string of the molecule is Cc1cc(Cl)ccc1NC(=O)C1(N)CCCC1. The highest BCUT2D eigenvalue weighted by atomic mass is 35.5. The molecule has 0 heterocycles. The Morgan fingerprint density at radius 3 is 2.65 bits per heavy atom. The summed E-state index contributed by atoms with van der Waals surface area (Å²) in [6, 6.07) is 5.41. The van der Waals surface area contributed by atoms with Crippen molar-refractivity contribution in [1.29, 1.82) is 0 Å². The van der Waals surface area contributed by atoms with Gasteiger partial charge in [-0.3, -0.25) is 4.79 Å². The molecule has 92 valence electrons. The summed E-state index contributed by atoms with van der Waals surface area (Å²) in [5.41, 5.74) is 7.14. The number of nitrogens with two attached hydrogens (primary N) is 1. The molecule has 1 aromatic rings. The molecule has 1 saturated carbocycles. The smallest absolute Gasteiger partial charge is 0.244 e. The predicted molar refractivity (Wildman–Crippen MR) is 70.2 cm³/mol. The van der Waals surface area contributed by atoms with Gasteiger partial charge in [-0.2, -0.15) is 0 Å². The van der Waals surface area contributed by atoms with Crippen molar-refractivity contribution in [3.8, 4) is 0 Å². The lowest BCUT2D eigenvalue weighted by Gasteiger charge is -2.22. The van der Waals surface area contributed by atoms with E-state index in [2.05, 4.69) is 5.32 Å². The van der Waals surface area contributed by atoms with Crippen LogP contribution in [0.2, 0.25) is 5.02 Å². The Bertz CT molecular complexity index is 439. The zero-order valence-corrected chi connectivity index (χ0v) is 10.7. The molecule has 0 radical (unpaired) electrons. The molecule has 1 aromatic carbocycles. The fourth-order valence-electron chi connectivity index (χ4n) is 2.25. The van der Waals surface area contributed by atoms with Crippen LogP contribution in [0.3, 0.4) is 0 Å². The van der Waals surface area contributed by atoms with Gasteiger partial charge < -0.3 is 11.1 Å². The van der Waals surface area contributed by atoms with Gasteiger partial charge in [-0.1, -0.05) is 24.4 Å². The summed E-state index contributed by atoms with van der Waals surface area (Å²) in [6.45, 7) is 1.92. The first kappa shape index (κ1) is 12.4. The molecule has 0 atom stereocenters. The number of nitrogens with one attached hydrogen (secondary N) is 1. The summed E-state index contributed by atoms with van der Waals surface area (Å²) in [5, 5.41) is 3.57. The van der Waals surface area contributed by atoms with Crippen molar-refractivity contribution in [2.75, 3.05) is 5.32 Å². The zero-order chi connectivity index (χ0) is 12.5. The Morgan fingerprint density at radius 1 is 1.41 bits per heavy atom. The van der Waals surface area contributed by atoms with Crippen LogP contribution < -0.4 is 11.1 Å². The molecule has 1 amide bonds. The standard InChI is InChI=1S/C13H17ClN2O/c1-9-8-10(14)4-5-11(9)16-12(17)13(15)6-2-3-7-13/h4-5,8H,2-3,6-7,15H2,1H3,(H,16,17). The van der Waals surface area contributed by atoms with E-state index in [0.29, 0.717) is 5.02 Å². The molecule has 0 aromatic heterocycles. The molecule has 17 heavy (non-hydrogen) atoms. The van der Waals surface area contributed by atoms with Crippen LogP contribution in [0.25, 0.3) is 0 Å². The van der Waals surface area contributed by atoms with Gasteiger partial charge in [0.1, 0.15) is 0 Å². The lowest BCUT2D eigenvalue weighted by molar-refractivity contribution is -0.121. The van der Waals surface area contributed by atoms with Gasteiger partial charge in [0.15, 0.2) is 0 Å². The third-order valence-corrected chi connectivity index (χ3v) is 3.62. The summed E-state index contributed by atoms with van der Waals surface area (Å²) in [5.74, 6) is -0.0829. The molecule has 1 aliphatic rings. The first-order valence-corrected chi connectivity index (χ1v) is 6.25. The minimum Gasteiger partial charge on any atom is -0.324 e. The van der Waals surface area contributed by atoms with Crippen molar-refractivity contribution >= 4 is 23.2 Å². The van der Waals surface area contributed by atoms with Crippen molar-refractivity contribution < 1.29 is 4.79 Å². The molecule has 0 spiro atoms. The van der Waals surface area contributed by atoms with Gasteiger partial charge in [-0.25, -0.2) is 0 Å². The second kappa shape index (κ2) is 4.67. The number of hydrogen-bond donors (Lipinski definition) is 2. The lowest BCUT2D eigenvalue weighted by Crippen LogP contribution is -2.48. The molecule has 4 heteroatoms. The Morgan fingerprint density at radius 2 is 2.06 bits per heavy atom. The van der Waals surface area contributed by atoms with E-state index < -0.39 is 5.54 Å². The largest absolute Gasteiger partial charge is 0.324 e. The quantitative estimate of drug-likeness (QED) is 0.850. The van der Waals surface area contributed by atoms with E-state index in [1.807, 2.05) is 19.1 Å². The second-order valence-electron chi connectivity index (χ2n) is 4.78. The number of carbonyl (C=O) groups excluding carboxylic acids is 1. The van der Waals surface area contributed by atoms with Crippen molar-refractivity contribution in [1.82, 2.24) is 0 Å². The average molecular weight is 253 g/mol. The van der Waals surface area contributed by atoms with Crippen LogP contribution in [0.15, 0.2) is 18.2 Å². The number of hydrogen-bond acceptors (Lipinski definition) is 2. The average Bonchev–Trinajstić information content (AvgIpc) is 2.71. The van der Waals surface area contributed by atoms with Crippen LogP contribution in [0, 0.1) is 6.92 Å². The van der Waals surface area contributed by atoms with Gasteiger partial charge in [0.25, 0.3) is 0 Å². The highest BCUT2D eigenvalue weighted by Gasteiger charge is 2.37. The van der Waals surface area contributed by atoms with Crippen LogP contribution in [0.1, 0.15) is 31.2 Å². The van der Waals surface area contributed by atoms with Crippen LogP contribution in [-0.2, 0) is 4.79 Å². The first-order chi connectivity index (χ1) is 8.01. The van der Waals surface area contributed by atoms with E-state index in [0.717, 1.165) is 36.9 Å². The number of amides is 1. The second-order valence-corrected chi connectivity index (χ2v) is 5.21. The third-order valence-electron chi connectivity index (χ3n) is 3.38. The van der Waals surface area contributed by atoms with Crippen molar-refractivity contribution in [3.63, 3.8) is 0 Å². The van der Waals surface area contributed by atoms with Crippen molar-refractivity contribution in [3.05, 3.63) is 28.8 Å². The van der Waals surface area contributed by atoms with E-state index in [1.54, 1.807) is 6.07 Å². The molecule has 1 aliphatic carbocycles. The van der Waals surface area contributed by atoms with Gasteiger partial charge >= 0.3 is 0 Å². The fraction of sp³-hybridized carbons (Fsp3) is 0.462. The maximum Gasteiger partial charge on any atom is 0.244 e. The highest BCUT2D eigenvalue weighted by Crippen LogP contribution is 2.29. The van der Waals surface area contributed by atoms with E-state index >= 15 is 0 Å². The molecule has 0 aliphatic heterocycles. The third kappa shape index (κ3) is 2.61. The maximum atomic E-state index is 12.1. The fourth-order valence-corrected chi connectivity index (χ4v) is 2.47. The van der Waals surface area contributed by atoms with Gasteiger partial charge in [-0.05, 0) is 43.5 Å². The van der Waals surface area contributed by atoms with Crippen molar-refractivity contribution in [2.24, 2.45) is 5.73 Å². The first-order valence-electron chi connectivity index (χ1n) is 5.88. The highest BCUT2D eigenvalue weighted by molar-refractivity contribution is 6.30. The number of halogens is 1. The minimum absolute atomic E-state index is 0.0829. The van der Waals surface area contributed by atoms with Gasteiger partial charge in [0, 0.05) is 10.7 Å². The molecule has 3 N–H and O–H groups in total. The summed E-state index contributed by atoms with van der Waals surface area (Å²) in [7, 11) is 0. The minimum atomic E-state index is -0.688. The van der Waals surface area contributed by atoms with Crippen LogP contribution in [0.5, 0.6) is 0 Å². The van der Waals surface area contributed by atoms with E-state index in [1.165, 1.54) is 0 Å². The molecule has 3 nitrogen and oxygen atoms in total. The summed E-state index contributed by atoms with van der Waals surface area (Å²) in [6.07, 6.45) is 3.60. The molecular formula is C13H17ClN2O. The number of benzene rings is 1. The number of rotatable bonds is 2. The molecule has 1 fully saturated rings. The number of aryl methyl sites for hydroxylation is 1. The Kier molecular flexibility index (Phi) is 3.40. The predicted octanol–water partition coefficient (Wildman–Crippen LogP) is 2.86. The maximum absolute atomic E-state index is 12.1. The van der Waals surface area contributed by atoms with Crippen LogP contribution in [-0.4, -0.2) is 11.4 Å². The lowest BCUT2D eigenvalue weighted by atomic mass is 9.98. The van der Waals surface area contributed by atoms with Crippen LogP contribution in [0.4, 0.5) is 5.69 Å². The van der Waals surface area contributed by atoms with Gasteiger partial charge in [0.05, 0.1) is 5.54 Å². The summed E-state index contributed by atoms with van der Waals surface area (Å²) in [4.78, 5) is 12.1. The van der Waals surface area contributed by atoms with Crippen LogP contribution >= 0.6 is 11.6 Å². The van der Waals surface area contributed by atoms with E-state index in [9.17, 15) is 4.79 Å². The Balaban J connectivity index is 2.13. The summed E-state index contributed by atoms with van der Waals surface area (Å²) >= 11 is 5.87.